The highest BCUT2D eigenvalue weighted by Gasteiger charge is 2.34. The maximum atomic E-state index is 13.5. The van der Waals surface area contributed by atoms with Gasteiger partial charge in [0, 0.05) is 42.3 Å². The zero-order valence-electron chi connectivity index (χ0n) is 20.6. The Kier molecular flexibility index (Phi) is 8.12. The molecule has 0 saturated carbocycles. The lowest BCUT2D eigenvalue weighted by atomic mass is 10.1. The van der Waals surface area contributed by atoms with E-state index >= 15 is 0 Å². The fraction of sp³-hybridized carbons (Fsp3) is 0.280. The summed E-state index contributed by atoms with van der Waals surface area (Å²) in [7, 11) is 3.44. The van der Waals surface area contributed by atoms with Gasteiger partial charge in [-0.05, 0) is 68.8 Å². The lowest BCUT2D eigenvalue weighted by Crippen LogP contribution is -2.26. The van der Waals surface area contributed by atoms with Crippen LogP contribution in [-0.2, 0) is 19.8 Å². The number of halogens is 4. The van der Waals surface area contributed by atoms with E-state index in [0.717, 1.165) is 28.5 Å². The summed E-state index contributed by atoms with van der Waals surface area (Å²) < 4.78 is 42.3. The van der Waals surface area contributed by atoms with Gasteiger partial charge in [0.25, 0.3) is 5.91 Å². The van der Waals surface area contributed by atoms with Crippen LogP contribution in [0.25, 0.3) is 5.57 Å². The van der Waals surface area contributed by atoms with Crippen LogP contribution in [0.3, 0.4) is 0 Å². The van der Waals surface area contributed by atoms with E-state index in [1.54, 1.807) is 42.3 Å². The number of hydrazine groups is 1. The summed E-state index contributed by atoms with van der Waals surface area (Å²) in [5.41, 5.74) is 3.56. The molecule has 0 bridgehead atoms. The Morgan fingerprint density at radius 1 is 1.25 bits per heavy atom. The molecule has 4 N–H and O–H groups in total. The first-order valence-electron chi connectivity index (χ1n) is 11.0. The van der Waals surface area contributed by atoms with E-state index in [0.29, 0.717) is 5.69 Å². The molecular weight excluding hydrogens is 493 g/mol. The molecule has 0 unspecified atom stereocenters. The Labute approximate surface area is 212 Å². The van der Waals surface area contributed by atoms with E-state index in [1.807, 2.05) is 27.8 Å². The lowest BCUT2D eigenvalue weighted by Gasteiger charge is -2.19. The average molecular weight is 521 g/mol. The largest absolute Gasteiger partial charge is 0.417 e. The fourth-order valence-corrected chi connectivity index (χ4v) is 4.03. The number of benzene rings is 2. The zero-order valence-corrected chi connectivity index (χ0v) is 21.3. The first-order valence-corrected chi connectivity index (χ1v) is 11.4. The molecule has 0 aliphatic rings. The number of nitrogens with zero attached hydrogens (tertiary/aromatic N) is 3. The molecule has 1 aromatic heterocycles. The Morgan fingerprint density at radius 3 is 2.53 bits per heavy atom. The van der Waals surface area contributed by atoms with Crippen molar-refractivity contribution in [3.05, 3.63) is 81.3 Å². The van der Waals surface area contributed by atoms with Crippen LogP contribution in [0.1, 0.15) is 45.2 Å². The minimum atomic E-state index is -4.67. The van der Waals surface area contributed by atoms with Crippen molar-refractivity contribution in [3.8, 4) is 0 Å². The van der Waals surface area contributed by atoms with Gasteiger partial charge >= 0.3 is 6.18 Å². The number of aryl methyl sites for hydroxylation is 2. The second-order valence-corrected chi connectivity index (χ2v) is 8.85. The quantitative estimate of drug-likeness (QED) is 0.286. The molecular formula is C25H28ClF3N6O. The van der Waals surface area contributed by atoms with Crippen molar-refractivity contribution in [2.75, 3.05) is 17.4 Å². The number of hydrogen-bond donors (Lipinski definition) is 3. The van der Waals surface area contributed by atoms with Crippen LogP contribution >= 0.6 is 11.6 Å². The van der Waals surface area contributed by atoms with E-state index in [9.17, 15) is 18.0 Å². The SMILES string of the molecule is CNCc1cc(NC(=O)c2ccc(C)c(N(N)/C=C(\C)c3cnn(C)c3C)c2)cc(C(F)(F)F)c1Cl. The first kappa shape index (κ1) is 27.3. The Bertz CT molecular complexity index is 1320. The molecule has 0 spiro atoms. The van der Waals surface area contributed by atoms with E-state index in [2.05, 4.69) is 15.7 Å². The number of nitrogens with two attached hydrogens (primary N) is 1. The van der Waals surface area contributed by atoms with E-state index in [-0.39, 0.29) is 23.4 Å². The molecule has 11 heteroatoms. The molecule has 3 rings (SSSR count). The van der Waals surface area contributed by atoms with Crippen molar-refractivity contribution >= 4 is 34.5 Å². The van der Waals surface area contributed by atoms with Crippen molar-refractivity contribution in [2.24, 2.45) is 12.9 Å². The molecule has 3 aromatic rings. The molecule has 192 valence electrons. The average Bonchev–Trinajstić information content (AvgIpc) is 3.13. The summed E-state index contributed by atoms with van der Waals surface area (Å²) in [4.78, 5) is 13.0. The zero-order chi connectivity index (χ0) is 26.8. The maximum absolute atomic E-state index is 13.5. The van der Waals surface area contributed by atoms with Crippen LogP contribution in [0.2, 0.25) is 5.02 Å². The van der Waals surface area contributed by atoms with Crippen molar-refractivity contribution < 1.29 is 18.0 Å². The van der Waals surface area contributed by atoms with Crippen molar-refractivity contribution in [2.45, 2.75) is 33.5 Å². The second kappa shape index (κ2) is 10.7. The number of rotatable bonds is 7. The molecule has 0 aliphatic heterocycles. The predicted molar refractivity (Wildman–Crippen MR) is 137 cm³/mol. The van der Waals surface area contributed by atoms with Crippen molar-refractivity contribution in [1.82, 2.24) is 15.1 Å². The van der Waals surface area contributed by atoms with E-state index < -0.39 is 22.7 Å². The minimum absolute atomic E-state index is 0.0171. The van der Waals surface area contributed by atoms with Crippen LogP contribution in [-0.4, -0.2) is 22.7 Å². The third-order valence-corrected chi connectivity index (χ3v) is 6.27. The molecule has 7 nitrogen and oxygen atoms in total. The molecule has 0 saturated heterocycles. The molecule has 0 aliphatic carbocycles. The summed E-state index contributed by atoms with van der Waals surface area (Å²) in [6, 6.07) is 7.13. The van der Waals surface area contributed by atoms with Crippen LogP contribution < -0.4 is 21.5 Å². The Hall–Kier alpha value is -3.34. The fourth-order valence-electron chi connectivity index (χ4n) is 3.75. The third kappa shape index (κ3) is 5.89. The number of amides is 1. The number of aromatic nitrogens is 2. The number of anilines is 2. The molecule has 0 radical (unpaired) electrons. The standard InChI is InChI=1S/C25H28ClF3N6O/c1-14-6-7-17(9-22(14)35(30)13-15(2)20-12-32-34(5)16(20)3)24(36)33-19-8-18(11-31-4)23(26)21(10-19)25(27,28)29/h6-10,12-13,31H,11,30H2,1-5H3,(H,33,36)/b15-13+. The number of hydrogen-bond acceptors (Lipinski definition) is 5. The third-order valence-electron chi connectivity index (χ3n) is 5.82. The molecule has 1 heterocycles. The van der Waals surface area contributed by atoms with Gasteiger partial charge in [0.1, 0.15) is 0 Å². The second-order valence-electron chi connectivity index (χ2n) is 8.47. The highest BCUT2D eigenvalue weighted by atomic mass is 35.5. The summed E-state index contributed by atoms with van der Waals surface area (Å²) in [5, 5.41) is 10.6. The van der Waals surface area contributed by atoms with Crippen molar-refractivity contribution in [3.63, 3.8) is 0 Å². The van der Waals surface area contributed by atoms with Gasteiger partial charge in [0.2, 0.25) is 0 Å². The summed E-state index contributed by atoms with van der Waals surface area (Å²) in [6.07, 6.45) is -1.20. The molecule has 1 amide bonds. The van der Waals surface area contributed by atoms with E-state index in [4.69, 9.17) is 17.4 Å². The number of carbonyl (C=O) groups excluding carboxylic acids is 1. The summed E-state index contributed by atoms with van der Waals surface area (Å²) in [6.45, 7) is 5.79. The van der Waals surface area contributed by atoms with Gasteiger partial charge in [-0.1, -0.05) is 17.7 Å². The summed E-state index contributed by atoms with van der Waals surface area (Å²) in [5.74, 6) is 5.72. The van der Waals surface area contributed by atoms with Gasteiger partial charge in [0.05, 0.1) is 22.5 Å². The smallest absolute Gasteiger partial charge is 0.322 e. The predicted octanol–water partition coefficient (Wildman–Crippen LogP) is 5.42. The monoisotopic (exact) mass is 520 g/mol. The maximum Gasteiger partial charge on any atom is 0.417 e. The summed E-state index contributed by atoms with van der Waals surface area (Å²) >= 11 is 5.96. The first-order chi connectivity index (χ1) is 16.8. The molecule has 0 fully saturated rings. The Morgan fingerprint density at radius 2 is 1.94 bits per heavy atom. The molecule has 2 aromatic carbocycles. The highest BCUT2D eigenvalue weighted by molar-refractivity contribution is 6.32. The van der Waals surface area contributed by atoms with Gasteiger partial charge in [-0.2, -0.15) is 18.3 Å². The molecule has 0 atom stereocenters. The number of carbonyl (C=O) groups is 1. The topological polar surface area (TPSA) is 88.2 Å². The van der Waals surface area contributed by atoms with Crippen LogP contribution in [0.5, 0.6) is 0 Å². The van der Waals surface area contributed by atoms with Crippen LogP contribution in [0.15, 0.2) is 42.7 Å². The molecule has 36 heavy (non-hydrogen) atoms. The van der Waals surface area contributed by atoms with Gasteiger partial charge < -0.3 is 10.6 Å². The number of alkyl halides is 3. The van der Waals surface area contributed by atoms with Gasteiger partial charge in [-0.3, -0.25) is 14.5 Å². The lowest BCUT2D eigenvalue weighted by molar-refractivity contribution is -0.137. The minimum Gasteiger partial charge on any atom is -0.322 e. The van der Waals surface area contributed by atoms with Gasteiger partial charge in [0.15, 0.2) is 0 Å². The number of nitrogens with one attached hydrogen (secondary N) is 2. The van der Waals surface area contributed by atoms with E-state index in [1.165, 1.54) is 11.1 Å². The van der Waals surface area contributed by atoms with Gasteiger partial charge in [-0.25, -0.2) is 5.84 Å². The van der Waals surface area contributed by atoms with Crippen molar-refractivity contribution in [1.29, 1.82) is 0 Å². The highest BCUT2D eigenvalue weighted by Crippen LogP contribution is 2.38. The normalized spacial score (nSPS) is 12.1. The number of allylic oxidation sites excluding steroid dienone is 1. The van der Waals surface area contributed by atoms with Gasteiger partial charge in [-0.15, -0.1) is 0 Å². The Balaban J connectivity index is 1.91. The van der Waals surface area contributed by atoms with Crippen LogP contribution in [0, 0.1) is 13.8 Å². The van der Waals surface area contributed by atoms with Crippen LogP contribution in [0.4, 0.5) is 24.5 Å².